The lowest BCUT2D eigenvalue weighted by Gasteiger charge is -2.35. The normalized spacial score (nSPS) is 19.7. The average Bonchev–Trinajstić information content (AvgIpc) is 2.61. The van der Waals surface area contributed by atoms with Gasteiger partial charge >= 0.3 is 6.09 Å². The molecule has 0 aromatic carbocycles. The van der Waals surface area contributed by atoms with E-state index in [4.69, 9.17) is 4.74 Å². The Bertz CT molecular complexity index is 537. The second kappa shape index (κ2) is 6.28. The van der Waals surface area contributed by atoms with Crippen LogP contribution >= 0.6 is 31.9 Å². The van der Waals surface area contributed by atoms with Gasteiger partial charge in [-0.1, -0.05) is 0 Å². The van der Waals surface area contributed by atoms with Gasteiger partial charge in [0.25, 0.3) is 0 Å². The second-order valence-electron chi connectivity index (χ2n) is 6.33. The Hall–Kier alpha value is -0.560. The van der Waals surface area contributed by atoms with Gasteiger partial charge in [0.2, 0.25) is 0 Å². The Kier molecular flexibility index (Phi) is 5.03. The quantitative estimate of drug-likeness (QED) is 0.678. The van der Waals surface area contributed by atoms with E-state index in [1.807, 2.05) is 27.7 Å². The SMILES string of the molecule is Cc1nc(Br)c(Br)n1C1CCCN(C(=O)OC(C)(C)C)C1. The minimum atomic E-state index is -0.460. The van der Waals surface area contributed by atoms with Crippen molar-refractivity contribution in [2.45, 2.75) is 52.2 Å². The first-order valence-corrected chi connectivity index (χ1v) is 8.65. The summed E-state index contributed by atoms with van der Waals surface area (Å²) in [5.74, 6) is 0.935. The summed E-state index contributed by atoms with van der Waals surface area (Å²) in [7, 11) is 0. The number of carbonyl (C=O) groups is 1. The van der Waals surface area contributed by atoms with E-state index in [-0.39, 0.29) is 12.1 Å². The first-order valence-electron chi connectivity index (χ1n) is 7.07. The summed E-state index contributed by atoms with van der Waals surface area (Å²) < 4.78 is 9.33. The second-order valence-corrected chi connectivity index (χ2v) is 7.84. The maximum absolute atomic E-state index is 12.2. The molecular formula is C14H21Br2N3O2. The smallest absolute Gasteiger partial charge is 0.410 e. The Morgan fingerprint density at radius 2 is 2.05 bits per heavy atom. The van der Waals surface area contributed by atoms with Crippen molar-refractivity contribution < 1.29 is 9.53 Å². The predicted molar refractivity (Wildman–Crippen MR) is 88.4 cm³/mol. The highest BCUT2D eigenvalue weighted by atomic mass is 79.9. The molecule has 1 aliphatic heterocycles. The van der Waals surface area contributed by atoms with Crippen LogP contribution in [0.5, 0.6) is 0 Å². The molecule has 1 aromatic heterocycles. The zero-order valence-electron chi connectivity index (χ0n) is 12.8. The largest absolute Gasteiger partial charge is 0.444 e. The molecule has 1 unspecified atom stereocenters. The Labute approximate surface area is 142 Å². The van der Waals surface area contributed by atoms with Gasteiger partial charge in [-0.2, -0.15) is 0 Å². The fourth-order valence-corrected chi connectivity index (χ4v) is 3.65. The first kappa shape index (κ1) is 16.8. The van der Waals surface area contributed by atoms with Crippen LogP contribution in [0.3, 0.4) is 0 Å². The zero-order chi connectivity index (χ0) is 15.8. The van der Waals surface area contributed by atoms with Crippen LogP contribution < -0.4 is 0 Å². The van der Waals surface area contributed by atoms with E-state index >= 15 is 0 Å². The van der Waals surface area contributed by atoms with Gasteiger partial charge in [0, 0.05) is 13.1 Å². The van der Waals surface area contributed by atoms with Gasteiger partial charge in [-0.15, -0.1) is 0 Å². The van der Waals surface area contributed by atoms with Gasteiger partial charge in [-0.25, -0.2) is 9.78 Å². The molecule has 2 rings (SSSR count). The zero-order valence-corrected chi connectivity index (χ0v) is 16.0. The van der Waals surface area contributed by atoms with E-state index in [1.54, 1.807) is 4.90 Å². The number of likely N-dealkylation sites (tertiary alicyclic amines) is 1. The van der Waals surface area contributed by atoms with E-state index in [9.17, 15) is 4.79 Å². The Morgan fingerprint density at radius 1 is 1.38 bits per heavy atom. The number of carbonyl (C=O) groups excluding carboxylic acids is 1. The molecule has 1 atom stereocenters. The molecule has 1 aliphatic rings. The predicted octanol–water partition coefficient (Wildman–Crippen LogP) is 4.29. The van der Waals surface area contributed by atoms with Crippen molar-refractivity contribution >= 4 is 38.0 Å². The minimum Gasteiger partial charge on any atom is -0.444 e. The molecular weight excluding hydrogens is 402 g/mol. The summed E-state index contributed by atoms with van der Waals surface area (Å²) in [6.07, 6.45) is 1.76. The molecule has 1 amide bonds. The molecule has 0 saturated carbocycles. The number of rotatable bonds is 1. The molecule has 0 bridgehead atoms. The number of ether oxygens (including phenoxy) is 1. The Morgan fingerprint density at radius 3 is 2.57 bits per heavy atom. The average molecular weight is 423 g/mol. The van der Waals surface area contributed by atoms with E-state index < -0.39 is 5.60 Å². The van der Waals surface area contributed by atoms with Crippen molar-refractivity contribution in [3.63, 3.8) is 0 Å². The van der Waals surface area contributed by atoms with Crippen LogP contribution in [0.4, 0.5) is 4.79 Å². The lowest BCUT2D eigenvalue weighted by molar-refractivity contribution is 0.0171. The molecule has 1 fully saturated rings. The van der Waals surface area contributed by atoms with Gasteiger partial charge in [0.05, 0.1) is 6.04 Å². The summed E-state index contributed by atoms with van der Waals surface area (Å²) >= 11 is 6.99. The molecule has 21 heavy (non-hydrogen) atoms. The Balaban J connectivity index is 2.12. The standard InChI is InChI=1S/C14H21Br2N3O2/c1-9-17-11(15)12(16)19(9)10-6-5-7-18(8-10)13(20)21-14(2,3)4/h10H,5-8H2,1-4H3. The molecule has 1 aromatic rings. The number of hydrogen-bond acceptors (Lipinski definition) is 3. The van der Waals surface area contributed by atoms with Gasteiger partial charge in [0.1, 0.15) is 20.6 Å². The van der Waals surface area contributed by atoms with Crippen molar-refractivity contribution in [3.8, 4) is 0 Å². The lowest BCUT2D eigenvalue weighted by Crippen LogP contribution is -2.43. The summed E-state index contributed by atoms with van der Waals surface area (Å²) in [4.78, 5) is 18.4. The van der Waals surface area contributed by atoms with E-state index in [0.29, 0.717) is 6.54 Å². The monoisotopic (exact) mass is 421 g/mol. The summed E-state index contributed by atoms with van der Waals surface area (Å²) in [6.45, 7) is 9.04. The van der Waals surface area contributed by atoms with Crippen LogP contribution in [-0.4, -0.2) is 39.2 Å². The van der Waals surface area contributed by atoms with Crippen molar-refractivity contribution in [2.75, 3.05) is 13.1 Å². The summed E-state index contributed by atoms with van der Waals surface area (Å²) in [5, 5.41) is 0. The molecule has 2 heterocycles. The summed E-state index contributed by atoms with van der Waals surface area (Å²) in [5.41, 5.74) is -0.460. The van der Waals surface area contributed by atoms with Crippen LogP contribution in [0.15, 0.2) is 9.21 Å². The number of hydrogen-bond donors (Lipinski definition) is 0. The number of amides is 1. The molecule has 0 spiro atoms. The van der Waals surface area contributed by atoms with Gasteiger partial charge < -0.3 is 14.2 Å². The fraction of sp³-hybridized carbons (Fsp3) is 0.714. The van der Waals surface area contributed by atoms with Crippen LogP contribution in [-0.2, 0) is 4.74 Å². The molecule has 0 aliphatic carbocycles. The van der Waals surface area contributed by atoms with Gasteiger partial charge in [-0.3, -0.25) is 0 Å². The van der Waals surface area contributed by atoms with Crippen LogP contribution in [0.1, 0.15) is 45.5 Å². The maximum Gasteiger partial charge on any atom is 0.410 e. The van der Waals surface area contributed by atoms with E-state index in [0.717, 1.165) is 34.4 Å². The fourth-order valence-electron chi connectivity index (χ4n) is 2.57. The van der Waals surface area contributed by atoms with Gasteiger partial charge in [-0.05, 0) is 72.4 Å². The number of halogens is 2. The molecule has 118 valence electrons. The highest BCUT2D eigenvalue weighted by molar-refractivity contribution is 9.13. The lowest BCUT2D eigenvalue weighted by atomic mass is 10.1. The topological polar surface area (TPSA) is 47.4 Å². The number of piperidine rings is 1. The van der Waals surface area contributed by atoms with Crippen LogP contribution in [0.25, 0.3) is 0 Å². The third-order valence-electron chi connectivity index (χ3n) is 3.40. The van der Waals surface area contributed by atoms with Crippen LogP contribution in [0.2, 0.25) is 0 Å². The number of nitrogens with zero attached hydrogens (tertiary/aromatic N) is 3. The van der Waals surface area contributed by atoms with Crippen molar-refractivity contribution in [3.05, 3.63) is 15.0 Å². The van der Waals surface area contributed by atoms with Crippen molar-refractivity contribution in [1.82, 2.24) is 14.5 Å². The number of aromatic nitrogens is 2. The molecule has 5 nitrogen and oxygen atoms in total. The molecule has 1 saturated heterocycles. The van der Waals surface area contributed by atoms with E-state index in [1.165, 1.54) is 0 Å². The van der Waals surface area contributed by atoms with Crippen LogP contribution in [0, 0.1) is 6.92 Å². The number of imidazole rings is 1. The molecule has 0 radical (unpaired) electrons. The third kappa shape index (κ3) is 4.00. The maximum atomic E-state index is 12.2. The van der Waals surface area contributed by atoms with Crippen molar-refractivity contribution in [1.29, 1.82) is 0 Å². The molecule has 0 N–H and O–H groups in total. The highest BCUT2D eigenvalue weighted by Gasteiger charge is 2.30. The van der Waals surface area contributed by atoms with Gasteiger partial charge in [0.15, 0.2) is 0 Å². The van der Waals surface area contributed by atoms with E-state index in [2.05, 4.69) is 41.4 Å². The number of aryl methyl sites for hydroxylation is 1. The molecule has 7 heteroatoms. The highest BCUT2D eigenvalue weighted by Crippen LogP contribution is 2.32. The first-order chi connectivity index (χ1) is 9.69. The minimum absolute atomic E-state index is 0.222. The van der Waals surface area contributed by atoms with Crippen molar-refractivity contribution in [2.24, 2.45) is 0 Å². The third-order valence-corrected chi connectivity index (χ3v) is 5.25. The summed E-state index contributed by atoms with van der Waals surface area (Å²) in [6, 6.07) is 0.222.